The van der Waals surface area contributed by atoms with Crippen molar-refractivity contribution in [1.82, 2.24) is 4.72 Å². The van der Waals surface area contributed by atoms with E-state index in [0.717, 1.165) is 5.56 Å². The highest BCUT2D eigenvalue weighted by atomic mass is 32.2. The molecule has 0 fully saturated rings. The molecule has 2 N–H and O–H groups in total. The SMILES string of the molecule is Cc1ccc(S(=O)(=O)NC(C)C(=O)OC(C)C(=O)Nc2ccc(C#N)cc2)cc1. The number of benzene rings is 2. The predicted octanol–water partition coefficient (Wildman–Crippen LogP) is 2.10. The molecule has 2 rings (SSSR count). The number of carbonyl (C=O) groups excluding carboxylic acids is 2. The zero-order valence-corrected chi connectivity index (χ0v) is 17.0. The average Bonchev–Trinajstić information content (AvgIpc) is 2.68. The van der Waals surface area contributed by atoms with Gasteiger partial charge in [0.2, 0.25) is 10.0 Å². The van der Waals surface area contributed by atoms with Crippen LogP contribution in [0.25, 0.3) is 0 Å². The molecule has 2 aromatic carbocycles. The minimum absolute atomic E-state index is 0.0226. The van der Waals surface area contributed by atoms with Gasteiger partial charge in [0.05, 0.1) is 16.5 Å². The summed E-state index contributed by atoms with van der Waals surface area (Å²) in [5, 5.41) is 11.3. The minimum atomic E-state index is -3.91. The third kappa shape index (κ3) is 6.14. The normalized spacial score (nSPS) is 13.0. The Balaban J connectivity index is 1.94. The Kier molecular flexibility index (Phi) is 7.09. The fourth-order valence-corrected chi connectivity index (χ4v) is 3.46. The van der Waals surface area contributed by atoms with Crippen molar-refractivity contribution < 1.29 is 22.7 Å². The van der Waals surface area contributed by atoms with Crippen molar-refractivity contribution in [2.24, 2.45) is 0 Å². The molecule has 2 atom stereocenters. The van der Waals surface area contributed by atoms with E-state index in [1.807, 2.05) is 13.0 Å². The number of sulfonamides is 1. The maximum absolute atomic E-state index is 12.4. The van der Waals surface area contributed by atoms with Gasteiger partial charge in [0.15, 0.2) is 6.10 Å². The molecule has 0 saturated carbocycles. The molecular weight excluding hydrogens is 394 g/mol. The molecule has 0 aromatic heterocycles. The number of carbonyl (C=O) groups is 2. The lowest BCUT2D eigenvalue weighted by molar-refractivity contribution is -0.154. The number of nitriles is 1. The number of esters is 1. The lowest BCUT2D eigenvalue weighted by Crippen LogP contribution is -2.42. The van der Waals surface area contributed by atoms with Gasteiger partial charge in [0.25, 0.3) is 5.91 Å². The third-order valence-electron chi connectivity index (χ3n) is 3.96. The molecule has 0 radical (unpaired) electrons. The predicted molar refractivity (Wildman–Crippen MR) is 106 cm³/mol. The standard InChI is InChI=1S/C20H21N3O5S/c1-13-4-10-18(11-5-13)29(26,27)23-14(2)20(25)28-15(3)19(24)22-17-8-6-16(12-21)7-9-17/h4-11,14-15,23H,1-3H3,(H,22,24). The first kappa shape index (κ1) is 22.1. The van der Waals surface area contributed by atoms with E-state index in [9.17, 15) is 18.0 Å². The summed E-state index contributed by atoms with van der Waals surface area (Å²) >= 11 is 0. The van der Waals surface area contributed by atoms with E-state index in [4.69, 9.17) is 10.00 Å². The van der Waals surface area contributed by atoms with Crippen molar-refractivity contribution in [3.63, 3.8) is 0 Å². The van der Waals surface area contributed by atoms with Crippen LogP contribution < -0.4 is 10.0 Å². The second-order valence-electron chi connectivity index (χ2n) is 6.41. The van der Waals surface area contributed by atoms with E-state index in [2.05, 4.69) is 10.0 Å². The summed E-state index contributed by atoms with van der Waals surface area (Å²) in [5.74, 6) is -1.47. The van der Waals surface area contributed by atoms with Crippen molar-refractivity contribution in [2.45, 2.75) is 37.8 Å². The van der Waals surface area contributed by atoms with Crippen LogP contribution in [0.15, 0.2) is 53.4 Å². The Bertz CT molecular complexity index is 1030. The van der Waals surface area contributed by atoms with Crippen LogP contribution in [0.3, 0.4) is 0 Å². The van der Waals surface area contributed by atoms with Gasteiger partial charge in [-0.05, 0) is 57.2 Å². The zero-order valence-electron chi connectivity index (χ0n) is 16.2. The molecule has 0 aliphatic heterocycles. The van der Waals surface area contributed by atoms with E-state index in [1.165, 1.54) is 38.1 Å². The Morgan fingerprint density at radius 1 is 1.03 bits per heavy atom. The van der Waals surface area contributed by atoms with Crippen LogP contribution in [-0.2, 0) is 24.3 Å². The number of ether oxygens (including phenoxy) is 1. The van der Waals surface area contributed by atoms with Gasteiger partial charge in [0.1, 0.15) is 6.04 Å². The lowest BCUT2D eigenvalue weighted by atomic mass is 10.2. The summed E-state index contributed by atoms with van der Waals surface area (Å²) in [6.45, 7) is 4.53. The molecule has 2 unspecified atom stereocenters. The smallest absolute Gasteiger partial charge is 0.324 e. The van der Waals surface area contributed by atoms with Gasteiger partial charge >= 0.3 is 5.97 Å². The highest BCUT2D eigenvalue weighted by molar-refractivity contribution is 7.89. The van der Waals surface area contributed by atoms with Crippen molar-refractivity contribution in [3.8, 4) is 6.07 Å². The van der Waals surface area contributed by atoms with E-state index in [0.29, 0.717) is 11.3 Å². The fourth-order valence-electron chi connectivity index (χ4n) is 2.27. The molecule has 0 bridgehead atoms. The fraction of sp³-hybridized carbons (Fsp3) is 0.250. The monoisotopic (exact) mass is 415 g/mol. The quantitative estimate of drug-likeness (QED) is 0.667. The molecule has 0 aliphatic rings. The summed E-state index contributed by atoms with van der Waals surface area (Å²) in [6.07, 6.45) is -1.15. The molecule has 152 valence electrons. The maximum Gasteiger partial charge on any atom is 0.324 e. The molecular formula is C20H21N3O5S. The topological polar surface area (TPSA) is 125 Å². The number of rotatable bonds is 7. The van der Waals surface area contributed by atoms with Crippen molar-refractivity contribution in [1.29, 1.82) is 5.26 Å². The minimum Gasteiger partial charge on any atom is -0.451 e. The van der Waals surface area contributed by atoms with Gasteiger partial charge in [-0.3, -0.25) is 9.59 Å². The molecule has 2 aromatic rings. The number of nitrogens with one attached hydrogen (secondary N) is 2. The Morgan fingerprint density at radius 3 is 2.17 bits per heavy atom. The van der Waals surface area contributed by atoms with Gasteiger partial charge in [-0.25, -0.2) is 8.42 Å². The van der Waals surface area contributed by atoms with Crippen LogP contribution in [0.5, 0.6) is 0 Å². The molecule has 0 spiro atoms. The molecule has 8 nitrogen and oxygen atoms in total. The van der Waals surface area contributed by atoms with E-state index < -0.39 is 34.0 Å². The third-order valence-corrected chi connectivity index (χ3v) is 5.52. The zero-order chi connectivity index (χ0) is 21.6. The van der Waals surface area contributed by atoms with E-state index >= 15 is 0 Å². The van der Waals surface area contributed by atoms with Crippen LogP contribution in [0.1, 0.15) is 25.0 Å². The Hall–Kier alpha value is -3.22. The summed E-state index contributed by atoms with van der Waals surface area (Å²) in [4.78, 5) is 24.4. The number of amides is 1. The number of aryl methyl sites for hydroxylation is 1. The number of hydrogen-bond donors (Lipinski definition) is 2. The summed E-state index contributed by atoms with van der Waals surface area (Å²) in [7, 11) is -3.91. The number of nitrogens with zero attached hydrogens (tertiary/aromatic N) is 1. The summed E-state index contributed by atoms with van der Waals surface area (Å²) in [6, 6.07) is 13.1. The van der Waals surface area contributed by atoms with E-state index in [1.54, 1.807) is 24.3 Å². The first-order chi connectivity index (χ1) is 13.6. The van der Waals surface area contributed by atoms with Crippen molar-refractivity contribution >= 4 is 27.6 Å². The van der Waals surface area contributed by atoms with Crippen LogP contribution in [0, 0.1) is 18.3 Å². The van der Waals surface area contributed by atoms with Gasteiger partial charge in [0, 0.05) is 5.69 Å². The molecule has 0 saturated heterocycles. The van der Waals surface area contributed by atoms with Gasteiger partial charge in [-0.1, -0.05) is 17.7 Å². The van der Waals surface area contributed by atoms with Gasteiger partial charge in [-0.2, -0.15) is 9.98 Å². The van der Waals surface area contributed by atoms with Crippen molar-refractivity contribution in [3.05, 3.63) is 59.7 Å². The maximum atomic E-state index is 12.4. The Morgan fingerprint density at radius 2 is 1.62 bits per heavy atom. The lowest BCUT2D eigenvalue weighted by Gasteiger charge is -2.17. The molecule has 29 heavy (non-hydrogen) atoms. The highest BCUT2D eigenvalue weighted by Crippen LogP contribution is 2.12. The van der Waals surface area contributed by atoms with Crippen LogP contribution in [-0.4, -0.2) is 32.4 Å². The van der Waals surface area contributed by atoms with Gasteiger partial charge in [-0.15, -0.1) is 0 Å². The first-order valence-corrected chi connectivity index (χ1v) is 10.2. The second-order valence-corrected chi connectivity index (χ2v) is 8.13. The van der Waals surface area contributed by atoms with Gasteiger partial charge < -0.3 is 10.1 Å². The molecule has 0 heterocycles. The largest absolute Gasteiger partial charge is 0.451 e. The number of hydrogen-bond acceptors (Lipinski definition) is 6. The summed E-state index contributed by atoms with van der Waals surface area (Å²) in [5.41, 5.74) is 1.78. The Labute approximate surface area is 169 Å². The second kappa shape index (κ2) is 9.32. The molecule has 1 amide bonds. The van der Waals surface area contributed by atoms with Crippen LogP contribution in [0.2, 0.25) is 0 Å². The van der Waals surface area contributed by atoms with Crippen molar-refractivity contribution in [2.75, 3.05) is 5.32 Å². The van der Waals surface area contributed by atoms with E-state index in [-0.39, 0.29) is 4.90 Å². The highest BCUT2D eigenvalue weighted by Gasteiger charge is 2.26. The van der Waals surface area contributed by atoms with Crippen LogP contribution in [0.4, 0.5) is 5.69 Å². The molecule has 0 aliphatic carbocycles. The summed E-state index contributed by atoms with van der Waals surface area (Å²) < 4.78 is 32.0. The molecule has 9 heteroatoms. The van der Waals surface area contributed by atoms with Crippen LogP contribution >= 0.6 is 0 Å². The average molecular weight is 415 g/mol. The number of anilines is 1. The first-order valence-electron chi connectivity index (χ1n) is 8.73.